The minimum absolute atomic E-state index is 0.0740. The van der Waals surface area contributed by atoms with Gasteiger partial charge in [0, 0.05) is 36.2 Å². The Hall–Kier alpha value is -3.22. The molecule has 2 aliphatic rings. The van der Waals surface area contributed by atoms with E-state index in [1.165, 1.54) is 0 Å². The number of furan rings is 1. The Morgan fingerprint density at radius 1 is 1.12 bits per heavy atom. The lowest BCUT2D eigenvalue weighted by atomic mass is 9.85. The molecule has 3 unspecified atom stereocenters. The molecule has 1 aliphatic carbocycles. The number of benzodiazepines with no additional fused rings is 1. The fourth-order valence-electron chi connectivity index (χ4n) is 5.01. The molecule has 2 heterocycles. The maximum Gasteiger partial charge on any atom is 0.166 e. The number of nitrogens with zero attached hydrogens (tertiary/aromatic N) is 2. The zero-order valence-corrected chi connectivity index (χ0v) is 19.4. The van der Waals surface area contributed by atoms with Crippen molar-refractivity contribution in [3.8, 4) is 0 Å². The Bertz CT molecular complexity index is 1150. The summed E-state index contributed by atoms with van der Waals surface area (Å²) >= 11 is 0. The Balaban J connectivity index is 1.50. The van der Waals surface area contributed by atoms with Crippen molar-refractivity contribution in [1.82, 2.24) is 0 Å². The molecule has 0 bridgehead atoms. The second kappa shape index (κ2) is 9.57. The highest BCUT2D eigenvalue weighted by Gasteiger charge is 2.45. The number of aliphatic imine (C=N–C) groups is 1. The molecule has 1 fully saturated rings. The largest absolute Gasteiger partial charge is 0.469 e. The lowest BCUT2D eigenvalue weighted by molar-refractivity contribution is -0.129. The maximum absolute atomic E-state index is 14.0. The second-order valence-electron chi connectivity index (χ2n) is 9.36. The fourth-order valence-corrected chi connectivity index (χ4v) is 5.01. The highest BCUT2D eigenvalue weighted by Crippen LogP contribution is 2.41. The van der Waals surface area contributed by atoms with Crippen LogP contribution in [-0.2, 0) is 11.2 Å². The summed E-state index contributed by atoms with van der Waals surface area (Å²) in [4.78, 5) is 21.0. The van der Waals surface area contributed by atoms with Crippen molar-refractivity contribution >= 4 is 17.2 Å². The Morgan fingerprint density at radius 2 is 1.85 bits per heavy atom. The number of aliphatic hydroxyl groups excluding tert-OH is 1. The van der Waals surface area contributed by atoms with E-state index < -0.39 is 24.2 Å². The van der Waals surface area contributed by atoms with Crippen molar-refractivity contribution in [2.45, 2.75) is 44.0 Å². The van der Waals surface area contributed by atoms with Gasteiger partial charge in [-0.05, 0) is 43.4 Å². The zero-order chi connectivity index (χ0) is 23.7. The van der Waals surface area contributed by atoms with Gasteiger partial charge in [-0.25, -0.2) is 0 Å². The summed E-state index contributed by atoms with van der Waals surface area (Å²) in [6.45, 7) is 0. The van der Waals surface area contributed by atoms with E-state index in [2.05, 4.69) is 0 Å². The lowest BCUT2D eigenvalue weighted by Gasteiger charge is -2.32. The normalized spacial score (nSPS) is 21.9. The Morgan fingerprint density at radius 3 is 2.56 bits per heavy atom. The van der Waals surface area contributed by atoms with E-state index in [1.54, 1.807) is 6.26 Å². The second-order valence-corrected chi connectivity index (χ2v) is 9.36. The molecule has 0 radical (unpaired) electrons. The first-order valence-corrected chi connectivity index (χ1v) is 12.0. The number of para-hydroxylation sites is 1. The number of likely N-dealkylation sites (N-methyl/N-ethyl adjacent to an activating group) is 1. The molecule has 176 valence electrons. The lowest BCUT2D eigenvalue weighted by Crippen LogP contribution is -2.53. The van der Waals surface area contributed by atoms with E-state index in [0.717, 1.165) is 41.1 Å². The first-order chi connectivity index (χ1) is 16.5. The van der Waals surface area contributed by atoms with Crippen LogP contribution in [0.15, 0.2) is 82.4 Å². The van der Waals surface area contributed by atoms with Gasteiger partial charge in [0.1, 0.15) is 18.0 Å². The summed E-state index contributed by atoms with van der Waals surface area (Å²) in [5.41, 5.74) is 10.3. The van der Waals surface area contributed by atoms with Crippen LogP contribution in [0.5, 0.6) is 0 Å². The number of carbonyl (C=O) groups is 1. The number of ketones is 1. The van der Waals surface area contributed by atoms with Crippen molar-refractivity contribution < 1.29 is 14.3 Å². The molecule has 1 saturated carbocycles. The molecule has 4 atom stereocenters. The molecular weight excluding hydrogens is 426 g/mol. The van der Waals surface area contributed by atoms with Crippen molar-refractivity contribution in [1.29, 1.82) is 0 Å². The molecule has 3 aromatic rings. The highest BCUT2D eigenvalue weighted by atomic mass is 16.3. The van der Waals surface area contributed by atoms with Crippen LogP contribution < -0.4 is 10.6 Å². The van der Waals surface area contributed by atoms with Gasteiger partial charge < -0.3 is 20.2 Å². The quantitative estimate of drug-likeness (QED) is 0.537. The SMILES string of the molecule is CN1c2ccccc2C(c2ccccc2)=N[C@H](C(=O)C(C(O)CCc2ccco2)C2CC2)C1N. The zero-order valence-electron chi connectivity index (χ0n) is 19.4. The molecule has 0 amide bonds. The number of rotatable bonds is 8. The predicted molar refractivity (Wildman–Crippen MR) is 133 cm³/mol. The van der Waals surface area contributed by atoms with Crippen LogP contribution in [0.2, 0.25) is 0 Å². The number of carbonyl (C=O) groups excluding carboxylic acids is 1. The van der Waals surface area contributed by atoms with Gasteiger partial charge in [-0.1, -0.05) is 48.5 Å². The average molecular weight is 458 g/mol. The van der Waals surface area contributed by atoms with Gasteiger partial charge in [-0.2, -0.15) is 0 Å². The standard InChI is InChI=1S/C28H31N3O3/c1-31-22-12-6-5-11-21(22)25(19-8-3-2-4-9-19)30-26(28(31)29)27(33)24(18-13-14-18)23(32)16-15-20-10-7-17-34-20/h2-12,17-18,23-24,26,28,32H,13-16,29H2,1H3/t23?,24?,26-,28?/m1/s1. The molecule has 2 aromatic carbocycles. The third-order valence-electron chi connectivity index (χ3n) is 7.06. The van der Waals surface area contributed by atoms with Gasteiger partial charge in [0.15, 0.2) is 5.78 Å². The molecule has 34 heavy (non-hydrogen) atoms. The molecule has 1 aliphatic heterocycles. The first-order valence-electron chi connectivity index (χ1n) is 12.0. The van der Waals surface area contributed by atoms with E-state index in [9.17, 15) is 9.90 Å². The third kappa shape index (κ3) is 4.43. The van der Waals surface area contributed by atoms with Crippen LogP contribution in [0.3, 0.4) is 0 Å². The summed E-state index contributed by atoms with van der Waals surface area (Å²) in [5, 5.41) is 11.1. The Labute approximate surface area is 200 Å². The number of Topliss-reactive ketones (excluding diaryl/α,β-unsaturated/α-hetero) is 1. The minimum atomic E-state index is -0.781. The van der Waals surface area contributed by atoms with Gasteiger partial charge >= 0.3 is 0 Å². The Kier molecular flexibility index (Phi) is 6.35. The minimum Gasteiger partial charge on any atom is -0.469 e. The number of aliphatic hydroxyl groups is 1. The van der Waals surface area contributed by atoms with Gasteiger partial charge in [-0.15, -0.1) is 0 Å². The van der Waals surface area contributed by atoms with Crippen molar-refractivity contribution in [2.75, 3.05) is 11.9 Å². The number of benzene rings is 2. The summed E-state index contributed by atoms with van der Waals surface area (Å²) in [7, 11) is 1.91. The molecule has 0 saturated heterocycles. The van der Waals surface area contributed by atoms with E-state index in [-0.39, 0.29) is 11.7 Å². The summed E-state index contributed by atoms with van der Waals surface area (Å²) in [6, 6.07) is 20.8. The van der Waals surface area contributed by atoms with Crippen molar-refractivity contribution in [3.63, 3.8) is 0 Å². The summed E-state index contributed by atoms with van der Waals surface area (Å²) in [6.07, 6.45) is 3.18. The molecule has 1 aromatic heterocycles. The van der Waals surface area contributed by atoms with Crippen LogP contribution in [0.4, 0.5) is 5.69 Å². The predicted octanol–water partition coefficient (Wildman–Crippen LogP) is 3.81. The number of nitrogens with two attached hydrogens (primary N) is 1. The number of hydrogen-bond acceptors (Lipinski definition) is 6. The summed E-state index contributed by atoms with van der Waals surface area (Å²) < 4.78 is 5.42. The monoisotopic (exact) mass is 457 g/mol. The number of aryl methyl sites for hydroxylation is 1. The topological polar surface area (TPSA) is 92.1 Å². The van der Waals surface area contributed by atoms with Crippen molar-refractivity contribution in [3.05, 3.63) is 89.9 Å². The van der Waals surface area contributed by atoms with Gasteiger partial charge in [0.2, 0.25) is 0 Å². The van der Waals surface area contributed by atoms with Crippen molar-refractivity contribution in [2.24, 2.45) is 22.6 Å². The highest BCUT2D eigenvalue weighted by molar-refractivity contribution is 6.17. The molecule has 3 N–H and O–H groups in total. The van der Waals surface area contributed by atoms with Gasteiger partial charge in [0.05, 0.1) is 18.1 Å². The van der Waals surface area contributed by atoms with E-state index in [0.29, 0.717) is 12.8 Å². The van der Waals surface area contributed by atoms with Crippen LogP contribution in [-0.4, -0.2) is 42.0 Å². The van der Waals surface area contributed by atoms with Crippen LogP contribution in [0.25, 0.3) is 0 Å². The molecular formula is C28H31N3O3. The molecule has 6 nitrogen and oxygen atoms in total. The molecule has 0 spiro atoms. The molecule has 5 rings (SSSR count). The third-order valence-corrected chi connectivity index (χ3v) is 7.06. The number of fused-ring (bicyclic) bond motifs is 1. The number of anilines is 1. The first kappa shape index (κ1) is 22.6. The van der Waals surface area contributed by atoms with E-state index in [4.69, 9.17) is 15.1 Å². The van der Waals surface area contributed by atoms with Crippen LogP contribution in [0, 0.1) is 11.8 Å². The van der Waals surface area contributed by atoms with Crippen LogP contribution >= 0.6 is 0 Å². The van der Waals surface area contributed by atoms with Gasteiger partial charge in [0.25, 0.3) is 0 Å². The number of hydrogen-bond donors (Lipinski definition) is 2. The summed E-state index contributed by atoms with van der Waals surface area (Å²) in [5.74, 6) is 0.431. The van der Waals surface area contributed by atoms with E-state index >= 15 is 0 Å². The maximum atomic E-state index is 14.0. The van der Waals surface area contributed by atoms with Gasteiger partial charge in [-0.3, -0.25) is 9.79 Å². The average Bonchev–Trinajstić information content (AvgIpc) is 3.57. The van der Waals surface area contributed by atoms with E-state index in [1.807, 2.05) is 78.7 Å². The van der Waals surface area contributed by atoms with Crippen LogP contribution in [0.1, 0.15) is 36.1 Å². The molecule has 6 heteroatoms. The fraction of sp³-hybridized carbons (Fsp3) is 0.357. The smallest absolute Gasteiger partial charge is 0.166 e.